The predicted octanol–water partition coefficient (Wildman–Crippen LogP) is 1.52. The van der Waals surface area contributed by atoms with Crippen LogP contribution < -0.4 is 5.32 Å². The number of hydrogen-bond acceptors (Lipinski definition) is 5. The molecule has 1 amide bonds. The van der Waals surface area contributed by atoms with Gasteiger partial charge in [0, 0.05) is 4.88 Å². The molecule has 2 heterocycles. The maximum absolute atomic E-state index is 12.2. The molecule has 8 heteroatoms. The Balaban J connectivity index is 1.65. The zero-order valence-electron chi connectivity index (χ0n) is 11.9. The molecule has 0 unspecified atom stereocenters. The van der Waals surface area contributed by atoms with Crippen LogP contribution in [-0.4, -0.2) is 37.5 Å². The molecule has 2 N–H and O–H groups in total. The van der Waals surface area contributed by atoms with E-state index >= 15 is 0 Å². The van der Waals surface area contributed by atoms with Gasteiger partial charge in [-0.05, 0) is 30.7 Å². The number of hydrogen-bond donors (Lipinski definition) is 2. The van der Waals surface area contributed by atoms with Crippen LogP contribution in [0.3, 0.4) is 0 Å². The number of nitrogens with zero attached hydrogens (tertiary/aromatic N) is 3. The number of nitrogens with one attached hydrogen (secondary N) is 1. The van der Waals surface area contributed by atoms with E-state index in [4.69, 9.17) is 5.11 Å². The fourth-order valence-electron chi connectivity index (χ4n) is 2.59. The van der Waals surface area contributed by atoms with Gasteiger partial charge < -0.3 is 10.4 Å². The molecule has 0 radical (unpaired) electrons. The summed E-state index contributed by atoms with van der Waals surface area (Å²) in [7, 11) is 0. The summed E-state index contributed by atoms with van der Waals surface area (Å²) in [5.41, 5.74) is -0.409. The highest BCUT2D eigenvalue weighted by molar-refractivity contribution is 7.09. The fraction of sp³-hybridized carbons (Fsp3) is 0.429. The molecule has 1 aliphatic carbocycles. The Hall–Kier alpha value is -2.22. The first-order chi connectivity index (χ1) is 10.6. The van der Waals surface area contributed by atoms with Crippen LogP contribution in [0, 0.1) is 0 Å². The zero-order chi connectivity index (χ0) is 15.6. The van der Waals surface area contributed by atoms with E-state index in [2.05, 4.69) is 15.6 Å². The number of thiophene rings is 1. The third kappa shape index (κ3) is 3.16. The summed E-state index contributed by atoms with van der Waals surface area (Å²) in [6.07, 6.45) is 3.84. The molecule has 22 heavy (non-hydrogen) atoms. The molecule has 7 nitrogen and oxygen atoms in total. The van der Waals surface area contributed by atoms with Crippen molar-refractivity contribution >= 4 is 23.2 Å². The van der Waals surface area contributed by atoms with Crippen molar-refractivity contribution in [1.29, 1.82) is 0 Å². The van der Waals surface area contributed by atoms with Gasteiger partial charge in [0.05, 0.1) is 24.7 Å². The largest absolute Gasteiger partial charge is 0.481 e. The molecule has 0 atom stereocenters. The number of carboxylic acid groups (broad SMARTS) is 1. The number of carboxylic acids is 1. The molecule has 0 saturated heterocycles. The lowest BCUT2D eigenvalue weighted by Crippen LogP contribution is -2.54. The van der Waals surface area contributed by atoms with Gasteiger partial charge in [-0.3, -0.25) is 9.59 Å². The van der Waals surface area contributed by atoms with Crippen molar-refractivity contribution in [1.82, 2.24) is 20.3 Å². The van der Waals surface area contributed by atoms with E-state index in [1.165, 1.54) is 0 Å². The fourth-order valence-corrected chi connectivity index (χ4v) is 3.28. The number of amides is 1. The first-order valence-electron chi connectivity index (χ1n) is 7.03. The average Bonchev–Trinajstić information content (AvgIpc) is 3.07. The predicted molar refractivity (Wildman–Crippen MR) is 79.7 cm³/mol. The first kappa shape index (κ1) is 14.7. The minimum absolute atomic E-state index is 0.0535. The quantitative estimate of drug-likeness (QED) is 0.841. The molecule has 1 aliphatic rings. The molecule has 1 fully saturated rings. The minimum atomic E-state index is -0.902. The van der Waals surface area contributed by atoms with Crippen LogP contribution in [0.2, 0.25) is 0 Å². The molecule has 3 rings (SSSR count). The van der Waals surface area contributed by atoms with E-state index in [0.717, 1.165) is 11.3 Å². The summed E-state index contributed by atoms with van der Waals surface area (Å²) >= 11 is 1.61. The second-order valence-corrected chi connectivity index (χ2v) is 6.57. The molecular weight excluding hydrogens is 304 g/mol. The van der Waals surface area contributed by atoms with Crippen LogP contribution in [0.15, 0.2) is 23.7 Å². The summed E-state index contributed by atoms with van der Waals surface area (Å²) < 4.78 is 1.60. The Labute approximate surface area is 131 Å². The zero-order valence-corrected chi connectivity index (χ0v) is 12.7. The minimum Gasteiger partial charge on any atom is -0.481 e. The van der Waals surface area contributed by atoms with E-state index < -0.39 is 11.5 Å². The lowest BCUT2D eigenvalue weighted by atomic mass is 9.74. The Morgan fingerprint density at radius 1 is 1.45 bits per heavy atom. The first-order valence-corrected chi connectivity index (χ1v) is 7.91. The average molecular weight is 320 g/mol. The van der Waals surface area contributed by atoms with Crippen LogP contribution in [0.4, 0.5) is 0 Å². The second kappa shape index (κ2) is 5.88. The third-order valence-corrected chi connectivity index (χ3v) is 4.71. The van der Waals surface area contributed by atoms with Crippen molar-refractivity contribution in [2.24, 2.45) is 0 Å². The third-order valence-electron chi connectivity index (χ3n) is 3.85. The molecule has 0 aliphatic heterocycles. The van der Waals surface area contributed by atoms with Crippen LogP contribution in [-0.2, 0) is 11.3 Å². The van der Waals surface area contributed by atoms with Crippen molar-refractivity contribution in [3.05, 3.63) is 34.3 Å². The van der Waals surface area contributed by atoms with Gasteiger partial charge in [0.15, 0.2) is 5.69 Å². The van der Waals surface area contributed by atoms with E-state index in [1.807, 2.05) is 17.5 Å². The van der Waals surface area contributed by atoms with Crippen molar-refractivity contribution in [3.63, 3.8) is 0 Å². The van der Waals surface area contributed by atoms with Crippen LogP contribution in [0.1, 0.15) is 41.0 Å². The molecule has 0 bridgehead atoms. The van der Waals surface area contributed by atoms with Gasteiger partial charge in [0.2, 0.25) is 0 Å². The van der Waals surface area contributed by atoms with Crippen molar-refractivity contribution in [2.75, 3.05) is 0 Å². The highest BCUT2D eigenvalue weighted by Gasteiger charge is 2.40. The van der Waals surface area contributed by atoms with Crippen molar-refractivity contribution in [3.8, 4) is 0 Å². The highest BCUT2D eigenvalue weighted by atomic mass is 32.1. The van der Waals surface area contributed by atoms with Crippen LogP contribution >= 0.6 is 11.3 Å². The van der Waals surface area contributed by atoms with Gasteiger partial charge in [-0.25, -0.2) is 4.68 Å². The highest BCUT2D eigenvalue weighted by Crippen LogP contribution is 2.35. The monoisotopic (exact) mass is 320 g/mol. The topological polar surface area (TPSA) is 97.1 Å². The Morgan fingerprint density at radius 2 is 2.27 bits per heavy atom. The van der Waals surface area contributed by atoms with Crippen LogP contribution in [0.25, 0.3) is 0 Å². The number of rotatable bonds is 6. The number of aliphatic carboxylic acids is 1. The van der Waals surface area contributed by atoms with Gasteiger partial charge in [-0.1, -0.05) is 11.3 Å². The standard InChI is InChI=1S/C14H16N4O3S/c19-12(20)7-14(4-2-5-14)15-13(21)11-9-18(17-16-11)8-10-3-1-6-22-10/h1,3,6,9H,2,4-5,7-8H2,(H,15,21)(H,19,20). The number of carbonyl (C=O) groups is 2. The number of aromatic nitrogens is 3. The van der Waals surface area contributed by atoms with Gasteiger partial charge in [0.25, 0.3) is 5.91 Å². The summed E-state index contributed by atoms with van der Waals surface area (Å²) in [6.45, 7) is 0.568. The molecule has 0 aromatic carbocycles. The molecule has 2 aromatic rings. The summed E-state index contributed by atoms with van der Waals surface area (Å²) in [5.74, 6) is -1.26. The smallest absolute Gasteiger partial charge is 0.305 e. The normalized spacial score (nSPS) is 16.0. The second-order valence-electron chi connectivity index (χ2n) is 5.54. The SMILES string of the molecule is O=C(O)CC1(NC(=O)c2cn(Cc3cccs3)nn2)CCC1. The molecule has 2 aromatic heterocycles. The summed E-state index contributed by atoms with van der Waals surface area (Å²) in [6, 6.07) is 3.94. The lowest BCUT2D eigenvalue weighted by molar-refractivity contribution is -0.139. The Bertz CT molecular complexity index is 676. The summed E-state index contributed by atoms with van der Waals surface area (Å²) in [5, 5.41) is 21.6. The van der Waals surface area contributed by atoms with Gasteiger partial charge in [-0.2, -0.15) is 0 Å². The summed E-state index contributed by atoms with van der Waals surface area (Å²) in [4.78, 5) is 24.3. The van der Waals surface area contributed by atoms with E-state index in [9.17, 15) is 9.59 Å². The van der Waals surface area contributed by atoms with Crippen LogP contribution in [0.5, 0.6) is 0 Å². The Morgan fingerprint density at radius 3 is 2.86 bits per heavy atom. The van der Waals surface area contributed by atoms with Gasteiger partial charge >= 0.3 is 5.97 Å². The lowest BCUT2D eigenvalue weighted by Gasteiger charge is -2.41. The van der Waals surface area contributed by atoms with E-state index in [0.29, 0.717) is 19.4 Å². The molecule has 0 spiro atoms. The van der Waals surface area contributed by atoms with Crippen molar-refractivity contribution < 1.29 is 14.7 Å². The number of carbonyl (C=O) groups excluding carboxylic acids is 1. The molecule has 1 saturated carbocycles. The Kier molecular flexibility index (Phi) is 3.93. The van der Waals surface area contributed by atoms with Crippen molar-refractivity contribution in [2.45, 2.75) is 37.8 Å². The van der Waals surface area contributed by atoms with Gasteiger partial charge in [-0.15, -0.1) is 16.4 Å². The van der Waals surface area contributed by atoms with Gasteiger partial charge in [0.1, 0.15) is 0 Å². The molecular formula is C14H16N4O3S. The van der Waals surface area contributed by atoms with E-state index in [1.54, 1.807) is 22.2 Å². The maximum Gasteiger partial charge on any atom is 0.305 e. The molecule has 116 valence electrons. The maximum atomic E-state index is 12.2. The van der Waals surface area contributed by atoms with E-state index in [-0.39, 0.29) is 18.0 Å².